The van der Waals surface area contributed by atoms with E-state index in [1.54, 1.807) is 12.1 Å². The highest BCUT2D eigenvalue weighted by atomic mass is 35.5. The second-order valence-electron chi connectivity index (χ2n) is 3.86. The molecule has 4 heteroatoms. The molecule has 0 aromatic heterocycles. The zero-order chi connectivity index (χ0) is 13.1. The quantitative estimate of drug-likeness (QED) is 0.869. The monoisotopic (exact) mass is 260 g/mol. The molecular formula is C14H10ClFN2. The van der Waals surface area contributed by atoms with Gasteiger partial charge in [-0.25, -0.2) is 4.39 Å². The van der Waals surface area contributed by atoms with Gasteiger partial charge in [-0.05, 0) is 36.8 Å². The van der Waals surface area contributed by atoms with Crippen LogP contribution in [0.5, 0.6) is 0 Å². The first-order valence-corrected chi connectivity index (χ1v) is 5.71. The zero-order valence-electron chi connectivity index (χ0n) is 9.67. The van der Waals surface area contributed by atoms with Gasteiger partial charge in [-0.2, -0.15) is 5.26 Å². The van der Waals surface area contributed by atoms with Gasteiger partial charge >= 0.3 is 0 Å². The van der Waals surface area contributed by atoms with Crippen molar-refractivity contribution in [3.05, 3.63) is 58.4 Å². The molecule has 0 heterocycles. The second-order valence-corrected chi connectivity index (χ2v) is 4.27. The van der Waals surface area contributed by atoms with E-state index in [1.807, 2.05) is 19.1 Å². The molecule has 90 valence electrons. The minimum absolute atomic E-state index is 0.280. The summed E-state index contributed by atoms with van der Waals surface area (Å²) in [6, 6.07) is 11.6. The van der Waals surface area contributed by atoms with Gasteiger partial charge in [0.2, 0.25) is 0 Å². The van der Waals surface area contributed by atoms with Crippen LogP contribution in [0.2, 0.25) is 5.02 Å². The molecule has 0 amide bonds. The Morgan fingerprint density at radius 2 is 2.06 bits per heavy atom. The Hall–Kier alpha value is -2.05. The maximum atomic E-state index is 12.9. The molecule has 2 aromatic carbocycles. The average molecular weight is 261 g/mol. The lowest BCUT2D eigenvalue weighted by molar-refractivity contribution is 0.628. The van der Waals surface area contributed by atoms with Crippen LogP contribution >= 0.6 is 11.6 Å². The number of hydrogen-bond donors (Lipinski definition) is 1. The lowest BCUT2D eigenvalue weighted by Gasteiger charge is -2.12. The molecule has 2 aromatic rings. The van der Waals surface area contributed by atoms with Crippen molar-refractivity contribution in [1.82, 2.24) is 0 Å². The Morgan fingerprint density at radius 1 is 1.28 bits per heavy atom. The third kappa shape index (κ3) is 2.44. The standard InChI is InChI=1S/C14H10ClFN2/c1-9-3-2-4-10(8-17)14(9)18-13-6-5-11(16)7-12(13)15/h2-7,18H,1H3. The predicted octanol–water partition coefficient (Wildman–Crippen LogP) is 4.40. The first-order valence-electron chi connectivity index (χ1n) is 5.33. The Bertz CT molecular complexity index is 632. The van der Waals surface area contributed by atoms with Gasteiger partial charge in [-0.3, -0.25) is 0 Å². The van der Waals surface area contributed by atoms with Gasteiger partial charge in [0.1, 0.15) is 11.9 Å². The van der Waals surface area contributed by atoms with Gasteiger partial charge in [-0.1, -0.05) is 23.7 Å². The number of nitriles is 1. The van der Waals surface area contributed by atoms with Crippen molar-refractivity contribution < 1.29 is 4.39 Å². The summed E-state index contributed by atoms with van der Waals surface area (Å²) in [5, 5.41) is 12.4. The van der Waals surface area contributed by atoms with E-state index in [9.17, 15) is 4.39 Å². The van der Waals surface area contributed by atoms with E-state index in [0.29, 0.717) is 16.9 Å². The molecule has 0 atom stereocenters. The molecule has 1 N–H and O–H groups in total. The first kappa shape index (κ1) is 12.4. The summed E-state index contributed by atoms with van der Waals surface area (Å²) < 4.78 is 12.9. The molecule has 0 aliphatic heterocycles. The molecular weight excluding hydrogens is 251 g/mol. The van der Waals surface area contributed by atoms with Gasteiger partial charge in [0, 0.05) is 0 Å². The van der Waals surface area contributed by atoms with Crippen LogP contribution in [0.3, 0.4) is 0 Å². The van der Waals surface area contributed by atoms with E-state index in [0.717, 1.165) is 5.56 Å². The van der Waals surface area contributed by atoms with E-state index >= 15 is 0 Å². The molecule has 0 bridgehead atoms. The maximum Gasteiger partial charge on any atom is 0.124 e. The smallest absolute Gasteiger partial charge is 0.124 e. The van der Waals surface area contributed by atoms with E-state index in [-0.39, 0.29) is 5.02 Å². The largest absolute Gasteiger partial charge is 0.353 e. The van der Waals surface area contributed by atoms with Crippen LogP contribution in [0.25, 0.3) is 0 Å². The van der Waals surface area contributed by atoms with Crippen molar-refractivity contribution in [2.75, 3.05) is 5.32 Å². The van der Waals surface area contributed by atoms with Crippen LogP contribution < -0.4 is 5.32 Å². The first-order chi connectivity index (χ1) is 8.61. The van der Waals surface area contributed by atoms with Gasteiger partial charge in [0.05, 0.1) is 22.0 Å². The summed E-state index contributed by atoms with van der Waals surface area (Å²) >= 11 is 5.94. The normalized spacial score (nSPS) is 9.89. The highest BCUT2D eigenvalue weighted by Gasteiger charge is 2.08. The van der Waals surface area contributed by atoms with Crippen LogP contribution in [-0.4, -0.2) is 0 Å². The van der Waals surface area contributed by atoms with Gasteiger partial charge in [-0.15, -0.1) is 0 Å². The van der Waals surface area contributed by atoms with Gasteiger partial charge in [0.25, 0.3) is 0 Å². The highest BCUT2D eigenvalue weighted by molar-refractivity contribution is 6.33. The molecule has 0 saturated carbocycles. The van der Waals surface area contributed by atoms with Crippen LogP contribution in [0.15, 0.2) is 36.4 Å². The molecule has 0 radical (unpaired) electrons. The van der Waals surface area contributed by atoms with Gasteiger partial charge in [0.15, 0.2) is 0 Å². The molecule has 0 saturated heterocycles. The van der Waals surface area contributed by atoms with E-state index in [2.05, 4.69) is 11.4 Å². The molecule has 0 fully saturated rings. The molecule has 0 aliphatic rings. The van der Waals surface area contributed by atoms with E-state index < -0.39 is 5.82 Å². The average Bonchev–Trinajstić information content (AvgIpc) is 2.34. The lowest BCUT2D eigenvalue weighted by atomic mass is 10.1. The number of anilines is 2. The number of aryl methyl sites for hydroxylation is 1. The SMILES string of the molecule is Cc1cccc(C#N)c1Nc1ccc(F)cc1Cl. The number of rotatable bonds is 2. The fourth-order valence-electron chi connectivity index (χ4n) is 1.65. The topological polar surface area (TPSA) is 35.8 Å². The number of benzene rings is 2. The summed E-state index contributed by atoms with van der Waals surface area (Å²) in [4.78, 5) is 0. The predicted molar refractivity (Wildman–Crippen MR) is 70.6 cm³/mol. The number of nitrogens with zero attached hydrogens (tertiary/aromatic N) is 1. The summed E-state index contributed by atoms with van der Waals surface area (Å²) in [5.74, 6) is -0.393. The maximum absolute atomic E-state index is 12.9. The van der Waals surface area contributed by atoms with Crippen molar-refractivity contribution in [1.29, 1.82) is 5.26 Å². The van der Waals surface area contributed by atoms with Crippen molar-refractivity contribution in [2.24, 2.45) is 0 Å². The second kappa shape index (κ2) is 5.07. The zero-order valence-corrected chi connectivity index (χ0v) is 10.4. The molecule has 18 heavy (non-hydrogen) atoms. The molecule has 2 nitrogen and oxygen atoms in total. The lowest BCUT2D eigenvalue weighted by Crippen LogP contribution is -1.97. The molecule has 0 unspecified atom stereocenters. The summed E-state index contributed by atoms with van der Waals surface area (Å²) in [5.41, 5.74) is 2.71. The number of para-hydroxylation sites is 1. The van der Waals surface area contributed by atoms with Crippen molar-refractivity contribution in [3.8, 4) is 6.07 Å². The Kier molecular flexibility index (Phi) is 3.50. The Balaban J connectivity index is 2.43. The van der Waals surface area contributed by atoms with Crippen LogP contribution in [0, 0.1) is 24.1 Å². The number of hydrogen-bond acceptors (Lipinski definition) is 2. The Labute approximate surface area is 110 Å². The summed E-state index contributed by atoms with van der Waals surface area (Å²) in [6.07, 6.45) is 0. The van der Waals surface area contributed by atoms with Crippen molar-refractivity contribution in [3.63, 3.8) is 0 Å². The molecule has 0 aliphatic carbocycles. The van der Waals surface area contributed by atoms with Crippen molar-refractivity contribution in [2.45, 2.75) is 6.92 Å². The third-order valence-corrected chi connectivity index (χ3v) is 2.90. The summed E-state index contributed by atoms with van der Waals surface area (Å²) in [6.45, 7) is 1.89. The minimum Gasteiger partial charge on any atom is -0.353 e. The van der Waals surface area contributed by atoms with Gasteiger partial charge < -0.3 is 5.32 Å². The minimum atomic E-state index is -0.393. The number of nitrogens with one attached hydrogen (secondary N) is 1. The number of halogens is 2. The molecule has 2 rings (SSSR count). The summed E-state index contributed by atoms with van der Waals surface area (Å²) in [7, 11) is 0. The van der Waals surface area contributed by atoms with E-state index in [1.165, 1.54) is 12.1 Å². The third-order valence-electron chi connectivity index (χ3n) is 2.58. The molecule has 0 spiro atoms. The fourth-order valence-corrected chi connectivity index (χ4v) is 1.87. The van der Waals surface area contributed by atoms with E-state index in [4.69, 9.17) is 16.9 Å². The van der Waals surface area contributed by atoms with Crippen molar-refractivity contribution >= 4 is 23.0 Å². The highest BCUT2D eigenvalue weighted by Crippen LogP contribution is 2.29. The fraction of sp³-hybridized carbons (Fsp3) is 0.0714. The Morgan fingerprint density at radius 3 is 2.72 bits per heavy atom. The van der Waals surface area contributed by atoms with Crippen LogP contribution in [0.4, 0.5) is 15.8 Å². The van der Waals surface area contributed by atoms with Crippen LogP contribution in [0.1, 0.15) is 11.1 Å². The van der Waals surface area contributed by atoms with Crippen LogP contribution in [-0.2, 0) is 0 Å².